The summed E-state index contributed by atoms with van der Waals surface area (Å²) in [5.41, 5.74) is 3.82. The van der Waals surface area contributed by atoms with Crippen molar-refractivity contribution in [3.8, 4) is 11.5 Å². The molecule has 0 aliphatic carbocycles. The van der Waals surface area contributed by atoms with E-state index < -0.39 is 18.1 Å². The van der Waals surface area contributed by atoms with Crippen molar-refractivity contribution < 1.29 is 29.4 Å². The Kier molecular flexibility index (Phi) is 8.90. The van der Waals surface area contributed by atoms with Crippen LogP contribution in [0, 0.1) is 12.8 Å². The van der Waals surface area contributed by atoms with Gasteiger partial charge in [0, 0.05) is 11.8 Å². The second-order valence-corrected chi connectivity index (χ2v) is 7.18. The predicted molar refractivity (Wildman–Crippen MR) is 116 cm³/mol. The van der Waals surface area contributed by atoms with Crippen LogP contribution < -0.4 is 15.5 Å². The fraction of sp³-hybridized carbons (Fsp3) is 0.304. The summed E-state index contributed by atoms with van der Waals surface area (Å²) >= 11 is 0. The molecule has 2 aromatic carbocycles. The number of aryl methyl sites for hydroxylation is 1. The summed E-state index contributed by atoms with van der Waals surface area (Å²) in [6.07, 6.45) is 2.69. The number of aromatic hydroxyl groups is 1. The topological polar surface area (TPSA) is 117 Å². The zero-order chi connectivity index (χ0) is 22.8. The standard InChI is InChI=1S/C23H28N2O6/c1-15-8-11-18(12-9-15)24-23(28)31-22(16(2)6-4-5-7-21(27)25-29)17-10-13-20(30-3)19(26)14-17/h5,7-14,16,22,26,29H,4,6H2,1-3H3,(H,24,28)(H,25,27)/b7-5+/t16-,22+/m0/s1. The van der Waals surface area contributed by atoms with E-state index in [-0.39, 0.29) is 11.7 Å². The molecule has 31 heavy (non-hydrogen) atoms. The van der Waals surface area contributed by atoms with E-state index in [0.717, 1.165) is 5.56 Å². The molecule has 0 spiro atoms. The minimum absolute atomic E-state index is 0.0562. The largest absolute Gasteiger partial charge is 0.504 e. The van der Waals surface area contributed by atoms with E-state index in [2.05, 4.69) is 5.32 Å². The van der Waals surface area contributed by atoms with Gasteiger partial charge in [0.15, 0.2) is 11.5 Å². The van der Waals surface area contributed by atoms with Crippen molar-refractivity contribution in [2.24, 2.45) is 5.92 Å². The highest BCUT2D eigenvalue weighted by Crippen LogP contribution is 2.35. The summed E-state index contributed by atoms with van der Waals surface area (Å²) in [7, 11) is 1.45. The number of phenolic OH excluding ortho intramolecular Hbond substituents is 1. The van der Waals surface area contributed by atoms with Crippen LogP contribution in [-0.2, 0) is 9.53 Å². The average Bonchev–Trinajstić information content (AvgIpc) is 2.76. The number of carbonyl (C=O) groups excluding carboxylic acids is 2. The first-order valence-electron chi connectivity index (χ1n) is 9.85. The van der Waals surface area contributed by atoms with E-state index in [1.54, 1.807) is 30.3 Å². The van der Waals surface area contributed by atoms with Crippen LogP contribution in [0.2, 0.25) is 0 Å². The second-order valence-electron chi connectivity index (χ2n) is 7.18. The first-order valence-corrected chi connectivity index (χ1v) is 9.85. The molecule has 0 saturated heterocycles. The number of phenols is 1. The molecule has 0 fully saturated rings. The molecule has 2 amide bonds. The number of nitrogens with one attached hydrogen (secondary N) is 2. The molecule has 0 radical (unpaired) electrons. The number of rotatable bonds is 9. The molecular weight excluding hydrogens is 400 g/mol. The zero-order valence-electron chi connectivity index (χ0n) is 17.8. The number of allylic oxidation sites excluding steroid dienone is 1. The summed E-state index contributed by atoms with van der Waals surface area (Å²) in [5, 5.41) is 21.4. The number of hydroxylamine groups is 1. The van der Waals surface area contributed by atoms with Crippen LogP contribution in [0.1, 0.15) is 37.0 Å². The fourth-order valence-electron chi connectivity index (χ4n) is 3.03. The minimum Gasteiger partial charge on any atom is -0.504 e. The summed E-state index contributed by atoms with van der Waals surface area (Å²) in [6, 6.07) is 12.2. The van der Waals surface area contributed by atoms with Gasteiger partial charge in [-0.15, -0.1) is 0 Å². The highest BCUT2D eigenvalue weighted by atomic mass is 16.6. The number of methoxy groups -OCH3 is 1. The number of benzene rings is 2. The number of amides is 2. The Hall–Kier alpha value is -3.52. The molecule has 166 valence electrons. The SMILES string of the molecule is COc1ccc([C@H](OC(=O)Nc2ccc(C)cc2)[C@@H](C)CC/C=C/C(=O)NO)cc1O. The Bertz CT molecular complexity index is 911. The van der Waals surface area contributed by atoms with Crippen molar-refractivity contribution in [3.05, 3.63) is 65.7 Å². The normalized spacial score (nSPS) is 12.8. The maximum Gasteiger partial charge on any atom is 0.412 e. The van der Waals surface area contributed by atoms with Crippen molar-refractivity contribution >= 4 is 17.7 Å². The summed E-state index contributed by atoms with van der Waals surface area (Å²) < 4.78 is 10.8. The lowest BCUT2D eigenvalue weighted by atomic mass is 9.92. The van der Waals surface area contributed by atoms with Crippen LogP contribution in [0.25, 0.3) is 0 Å². The van der Waals surface area contributed by atoms with Gasteiger partial charge in [0.25, 0.3) is 5.91 Å². The summed E-state index contributed by atoms with van der Waals surface area (Å²) in [6.45, 7) is 3.86. The molecule has 2 rings (SSSR count). The van der Waals surface area contributed by atoms with Crippen LogP contribution in [0.4, 0.5) is 10.5 Å². The third-order valence-electron chi connectivity index (χ3n) is 4.75. The van der Waals surface area contributed by atoms with Crippen molar-refractivity contribution in [1.29, 1.82) is 0 Å². The lowest BCUT2D eigenvalue weighted by Crippen LogP contribution is -2.22. The van der Waals surface area contributed by atoms with E-state index in [1.165, 1.54) is 24.7 Å². The van der Waals surface area contributed by atoms with Crippen LogP contribution in [0.3, 0.4) is 0 Å². The van der Waals surface area contributed by atoms with Gasteiger partial charge in [-0.25, -0.2) is 10.3 Å². The minimum atomic E-state index is -0.651. The first kappa shape index (κ1) is 23.8. The van der Waals surface area contributed by atoms with Crippen molar-refractivity contribution in [3.63, 3.8) is 0 Å². The fourth-order valence-corrected chi connectivity index (χ4v) is 3.03. The number of hydrogen-bond acceptors (Lipinski definition) is 6. The molecule has 0 aliphatic rings. The first-order chi connectivity index (χ1) is 14.8. The van der Waals surface area contributed by atoms with E-state index in [4.69, 9.17) is 14.7 Å². The smallest absolute Gasteiger partial charge is 0.412 e. The molecule has 0 aliphatic heterocycles. The van der Waals surface area contributed by atoms with Crippen molar-refractivity contribution in [2.45, 2.75) is 32.8 Å². The quantitative estimate of drug-likeness (QED) is 0.266. The van der Waals surface area contributed by atoms with Gasteiger partial charge in [0.1, 0.15) is 6.10 Å². The monoisotopic (exact) mass is 428 g/mol. The molecule has 0 heterocycles. The number of ether oxygens (including phenoxy) is 2. The molecule has 4 N–H and O–H groups in total. The van der Waals surface area contributed by atoms with Gasteiger partial charge < -0.3 is 14.6 Å². The molecule has 0 saturated carbocycles. The van der Waals surface area contributed by atoms with E-state index >= 15 is 0 Å². The average molecular weight is 428 g/mol. The van der Waals surface area contributed by atoms with Crippen molar-refractivity contribution in [1.82, 2.24) is 5.48 Å². The highest BCUT2D eigenvalue weighted by molar-refractivity contribution is 5.86. The van der Waals surface area contributed by atoms with Gasteiger partial charge in [-0.2, -0.15) is 0 Å². The maximum absolute atomic E-state index is 12.5. The number of hydrogen-bond donors (Lipinski definition) is 4. The lowest BCUT2D eigenvalue weighted by Gasteiger charge is -2.25. The molecular formula is C23H28N2O6. The number of anilines is 1. The Morgan fingerprint density at radius 1 is 1.16 bits per heavy atom. The van der Waals surface area contributed by atoms with Gasteiger partial charge in [0.2, 0.25) is 0 Å². The van der Waals surface area contributed by atoms with Gasteiger partial charge in [-0.3, -0.25) is 15.3 Å². The van der Waals surface area contributed by atoms with E-state index in [1.807, 2.05) is 26.0 Å². The Morgan fingerprint density at radius 3 is 2.48 bits per heavy atom. The Balaban J connectivity index is 2.15. The third-order valence-corrected chi connectivity index (χ3v) is 4.75. The second kappa shape index (κ2) is 11.6. The summed E-state index contributed by atoms with van der Waals surface area (Å²) in [5.74, 6) is -0.493. The molecule has 2 atom stereocenters. The Labute approximate surface area is 181 Å². The van der Waals surface area contributed by atoms with Crippen molar-refractivity contribution in [2.75, 3.05) is 12.4 Å². The van der Waals surface area contributed by atoms with Gasteiger partial charge >= 0.3 is 6.09 Å². The van der Waals surface area contributed by atoms with E-state index in [0.29, 0.717) is 29.8 Å². The van der Waals surface area contributed by atoms with Crippen LogP contribution in [-0.4, -0.2) is 29.4 Å². The van der Waals surface area contributed by atoms with Crippen LogP contribution in [0.15, 0.2) is 54.6 Å². The predicted octanol–water partition coefficient (Wildman–Crippen LogP) is 4.48. The molecule has 2 aromatic rings. The van der Waals surface area contributed by atoms with E-state index in [9.17, 15) is 14.7 Å². The molecule has 0 aromatic heterocycles. The molecule has 0 bridgehead atoms. The van der Waals surface area contributed by atoms with Crippen LogP contribution in [0.5, 0.6) is 11.5 Å². The molecule has 8 heteroatoms. The van der Waals surface area contributed by atoms with Gasteiger partial charge in [-0.1, -0.05) is 36.8 Å². The maximum atomic E-state index is 12.5. The highest BCUT2D eigenvalue weighted by Gasteiger charge is 2.24. The van der Waals surface area contributed by atoms with Gasteiger partial charge in [0.05, 0.1) is 7.11 Å². The molecule has 0 unspecified atom stereocenters. The lowest BCUT2D eigenvalue weighted by molar-refractivity contribution is -0.124. The van der Waals surface area contributed by atoms with Crippen LogP contribution >= 0.6 is 0 Å². The molecule has 8 nitrogen and oxygen atoms in total. The summed E-state index contributed by atoms with van der Waals surface area (Å²) in [4.78, 5) is 23.6. The third kappa shape index (κ3) is 7.35. The van der Waals surface area contributed by atoms with Gasteiger partial charge in [-0.05, 0) is 55.5 Å². The zero-order valence-corrected chi connectivity index (χ0v) is 17.8. The Morgan fingerprint density at radius 2 is 1.87 bits per heavy atom. The number of carbonyl (C=O) groups is 2.